The Morgan fingerprint density at radius 3 is 2.62 bits per heavy atom. The van der Waals surface area contributed by atoms with Gasteiger partial charge in [0.1, 0.15) is 0 Å². The van der Waals surface area contributed by atoms with Crippen molar-refractivity contribution in [2.75, 3.05) is 5.73 Å². The molecule has 0 spiro atoms. The lowest BCUT2D eigenvalue weighted by atomic mass is 10.2. The lowest BCUT2D eigenvalue weighted by Gasteiger charge is -2.08. The Morgan fingerprint density at radius 2 is 2.15 bits per heavy atom. The van der Waals surface area contributed by atoms with Crippen molar-refractivity contribution in [3.63, 3.8) is 0 Å². The summed E-state index contributed by atoms with van der Waals surface area (Å²) in [5.41, 5.74) is 5.03. The van der Waals surface area contributed by atoms with Gasteiger partial charge >= 0.3 is 0 Å². The van der Waals surface area contributed by atoms with Crippen LogP contribution in [0.4, 0.5) is 14.5 Å². The summed E-state index contributed by atoms with van der Waals surface area (Å²) in [7, 11) is 0. The van der Waals surface area contributed by atoms with Gasteiger partial charge in [-0.25, -0.2) is 8.78 Å². The zero-order valence-corrected chi connectivity index (χ0v) is 7.91. The van der Waals surface area contributed by atoms with E-state index in [1.807, 2.05) is 0 Å². The van der Waals surface area contributed by atoms with Gasteiger partial charge in [-0.05, 0) is 0 Å². The van der Waals surface area contributed by atoms with Gasteiger partial charge in [0.25, 0.3) is 6.43 Å². The Bertz CT molecular complexity index is 318. The minimum absolute atomic E-state index is 0.0332. The van der Waals surface area contributed by atoms with Crippen LogP contribution in [0, 0.1) is 0 Å². The highest BCUT2D eigenvalue weighted by molar-refractivity contribution is 6.34. The molecule has 0 saturated heterocycles. The molecule has 2 N–H and O–H groups in total. The molecule has 2 nitrogen and oxygen atoms in total. The van der Waals surface area contributed by atoms with E-state index in [2.05, 4.69) is 4.98 Å². The van der Waals surface area contributed by atoms with Gasteiger partial charge in [-0.1, -0.05) is 11.6 Å². The van der Waals surface area contributed by atoms with Crippen LogP contribution in [0.2, 0.25) is 5.02 Å². The minimum Gasteiger partial charge on any atom is -0.396 e. The summed E-state index contributed by atoms with van der Waals surface area (Å²) in [6.07, 6.45) is -1.50. The number of nitrogens with zero attached hydrogens (tertiary/aromatic N) is 1. The van der Waals surface area contributed by atoms with E-state index in [9.17, 15) is 8.78 Å². The van der Waals surface area contributed by atoms with Gasteiger partial charge in [0.2, 0.25) is 0 Å². The molecule has 0 unspecified atom stereocenters. The highest BCUT2D eigenvalue weighted by Gasteiger charge is 2.19. The van der Waals surface area contributed by atoms with Gasteiger partial charge in [0.15, 0.2) is 0 Å². The number of pyridine rings is 1. The molecule has 0 saturated carbocycles. The average Bonchev–Trinajstić information content (AvgIpc) is 2.08. The van der Waals surface area contributed by atoms with Gasteiger partial charge < -0.3 is 5.73 Å². The maximum absolute atomic E-state index is 12.4. The van der Waals surface area contributed by atoms with Gasteiger partial charge in [-0.15, -0.1) is 11.6 Å². The quantitative estimate of drug-likeness (QED) is 0.788. The maximum Gasteiger partial charge on any atom is 0.267 e. The molecule has 0 aromatic carbocycles. The molecule has 72 valence electrons. The van der Waals surface area contributed by atoms with Crippen molar-refractivity contribution < 1.29 is 8.78 Å². The third kappa shape index (κ3) is 2.00. The van der Waals surface area contributed by atoms with Crippen LogP contribution in [0.25, 0.3) is 0 Å². The number of aromatic nitrogens is 1. The zero-order valence-electron chi connectivity index (χ0n) is 6.40. The number of halogens is 4. The molecule has 1 rings (SSSR count). The molecule has 0 aliphatic carbocycles. The predicted octanol–water partition coefficient (Wildman–Crippen LogP) is 2.99. The van der Waals surface area contributed by atoms with Gasteiger partial charge in [0, 0.05) is 0 Å². The van der Waals surface area contributed by atoms with E-state index in [1.54, 1.807) is 0 Å². The van der Waals surface area contributed by atoms with E-state index in [-0.39, 0.29) is 27.8 Å². The Balaban J connectivity index is 3.32. The van der Waals surface area contributed by atoms with E-state index in [0.29, 0.717) is 0 Å². The van der Waals surface area contributed by atoms with Crippen molar-refractivity contribution in [3.05, 3.63) is 22.5 Å². The molecule has 0 radical (unpaired) electrons. The fraction of sp³-hybridized carbons (Fsp3) is 0.286. The van der Waals surface area contributed by atoms with Gasteiger partial charge in [-0.3, -0.25) is 4.98 Å². The number of alkyl halides is 3. The highest BCUT2D eigenvalue weighted by atomic mass is 35.5. The first-order chi connectivity index (χ1) is 6.07. The van der Waals surface area contributed by atoms with Crippen molar-refractivity contribution in [1.29, 1.82) is 0 Å². The first-order valence-corrected chi connectivity index (χ1v) is 4.26. The summed E-state index contributed by atoms with van der Waals surface area (Å²) in [4.78, 5) is 3.66. The van der Waals surface area contributed by atoms with E-state index < -0.39 is 6.43 Å². The second kappa shape index (κ2) is 4.07. The normalized spacial score (nSPS) is 10.8. The van der Waals surface area contributed by atoms with E-state index in [0.717, 1.165) is 0 Å². The lowest BCUT2D eigenvalue weighted by molar-refractivity contribution is 0.150. The summed E-state index contributed by atoms with van der Waals surface area (Å²) < 4.78 is 24.8. The number of nitrogens with two attached hydrogens (primary N) is 1. The second-order valence-electron chi connectivity index (χ2n) is 2.32. The molecule has 1 aromatic rings. The summed E-state index contributed by atoms with van der Waals surface area (Å²) in [6.45, 7) is 0. The zero-order chi connectivity index (χ0) is 10.0. The molecule has 1 aromatic heterocycles. The monoisotopic (exact) mass is 226 g/mol. The number of rotatable bonds is 2. The van der Waals surface area contributed by atoms with Crippen LogP contribution in [0.15, 0.2) is 6.20 Å². The van der Waals surface area contributed by atoms with Crippen molar-refractivity contribution in [3.8, 4) is 0 Å². The van der Waals surface area contributed by atoms with Crippen LogP contribution in [0.3, 0.4) is 0 Å². The Morgan fingerprint density at radius 1 is 1.54 bits per heavy atom. The van der Waals surface area contributed by atoms with Gasteiger partial charge in [-0.2, -0.15) is 0 Å². The van der Waals surface area contributed by atoms with E-state index in [1.165, 1.54) is 6.20 Å². The van der Waals surface area contributed by atoms with Crippen LogP contribution in [0.5, 0.6) is 0 Å². The van der Waals surface area contributed by atoms with Crippen LogP contribution < -0.4 is 5.73 Å². The molecular weight excluding hydrogens is 221 g/mol. The largest absolute Gasteiger partial charge is 0.396 e. The summed E-state index contributed by atoms with van der Waals surface area (Å²) >= 11 is 11.0. The smallest absolute Gasteiger partial charge is 0.267 e. The first kappa shape index (κ1) is 10.5. The standard InChI is InChI=1S/C7H6Cl2F2N2/c8-1-4-5(7(10)11)6(9)3(12)2-13-4/h2,7H,1,12H2. The molecule has 0 atom stereocenters. The van der Waals surface area contributed by atoms with Crippen LogP contribution >= 0.6 is 23.2 Å². The Labute approximate surface area is 83.7 Å². The second-order valence-corrected chi connectivity index (χ2v) is 2.97. The van der Waals surface area contributed by atoms with Crippen molar-refractivity contribution in [1.82, 2.24) is 4.98 Å². The molecule has 0 aliphatic heterocycles. The molecule has 13 heavy (non-hydrogen) atoms. The predicted molar refractivity (Wildman–Crippen MR) is 48.2 cm³/mol. The lowest BCUT2D eigenvalue weighted by Crippen LogP contribution is -2.00. The number of hydrogen-bond acceptors (Lipinski definition) is 2. The van der Waals surface area contributed by atoms with Crippen molar-refractivity contribution in [2.24, 2.45) is 0 Å². The topological polar surface area (TPSA) is 38.9 Å². The fourth-order valence-electron chi connectivity index (χ4n) is 0.884. The SMILES string of the molecule is Nc1cnc(CCl)c(C(F)F)c1Cl. The first-order valence-electron chi connectivity index (χ1n) is 3.34. The number of hydrogen-bond donors (Lipinski definition) is 1. The fourth-order valence-corrected chi connectivity index (χ4v) is 1.34. The highest BCUT2D eigenvalue weighted by Crippen LogP contribution is 2.33. The molecule has 6 heteroatoms. The minimum atomic E-state index is -2.71. The summed E-state index contributed by atoms with van der Waals surface area (Å²) in [6, 6.07) is 0. The number of anilines is 1. The van der Waals surface area contributed by atoms with Crippen LogP contribution in [-0.4, -0.2) is 4.98 Å². The molecule has 0 fully saturated rings. The van der Waals surface area contributed by atoms with E-state index >= 15 is 0 Å². The summed E-state index contributed by atoms with van der Waals surface area (Å²) in [5.74, 6) is -0.111. The molecular formula is C7H6Cl2F2N2. The summed E-state index contributed by atoms with van der Waals surface area (Å²) in [5, 5.41) is -0.166. The third-order valence-electron chi connectivity index (χ3n) is 1.51. The maximum atomic E-state index is 12.4. The van der Waals surface area contributed by atoms with E-state index in [4.69, 9.17) is 28.9 Å². The average molecular weight is 227 g/mol. The van der Waals surface area contributed by atoms with Crippen molar-refractivity contribution >= 4 is 28.9 Å². The number of nitrogen functional groups attached to an aromatic ring is 1. The van der Waals surface area contributed by atoms with Crippen molar-refractivity contribution in [2.45, 2.75) is 12.3 Å². The third-order valence-corrected chi connectivity index (χ3v) is 2.18. The molecule has 0 bridgehead atoms. The molecule has 0 amide bonds. The van der Waals surface area contributed by atoms with Gasteiger partial charge in [0.05, 0.1) is 34.0 Å². The Kier molecular flexibility index (Phi) is 3.27. The van der Waals surface area contributed by atoms with Crippen LogP contribution in [-0.2, 0) is 5.88 Å². The molecule has 1 heterocycles. The molecule has 0 aliphatic rings. The Hall–Kier alpha value is -0.610. The van der Waals surface area contributed by atoms with Crippen LogP contribution in [0.1, 0.15) is 17.7 Å².